The van der Waals surface area contributed by atoms with Gasteiger partial charge in [0.15, 0.2) is 0 Å². The van der Waals surface area contributed by atoms with Crippen molar-refractivity contribution in [2.75, 3.05) is 67.3 Å². The van der Waals surface area contributed by atoms with Crippen molar-refractivity contribution >= 4 is 34.9 Å². The molecule has 1 atom stereocenters. The van der Waals surface area contributed by atoms with Crippen LogP contribution in [0.5, 0.6) is 0 Å². The number of benzene rings is 1. The van der Waals surface area contributed by atoms with Crippen molar-refractivity contribution in [2.24, 2.45) is 0 Å². The van der Waals surface area contributed by atoms with Gasteiger partial charge in [-0.05, 0) is 69.3 Å². The fourth-order valence-electron chi connectivity index (χ4n) is 4.66. The highest BCUT2D eigenvalue weighted by molar-refractivity contribution is 6.05. The first-order chi connectivity index (χ1) is 18.0. The van der Waals surface area contributed by atoms with Crippen molar-refractivity contribution in [3.8, 4) is 0 Å². The Morgan fingerprint density at radius 1 is 1.08 bits per heavy atom. The minimum atomic E-state index is -0.183. The van der Waals surface area contributed by atoms with E-state index in [0.717, 1.165) is 43.2 Å². The summed E-state index contributed by atoms with van der Waals surface area (Å²) in [6.07, 6.45) is 5.83. The average Bonchev–Trinajstić information content (AvgIpc) is 3.34. The van der Waals surface area contributed by atoms with Gasteiger partial charge in [-0.3, -0.25) is 4.79 Å². The molecule has 2 aliphatic rings. The molecule has 0 bridgehead atoms. The molecule has 1 amide bonds. The van der Waals surface area contributed by atoms with E-state index in [4.69, 9.17) is 4.74 Å². The van der Waals surface area contributed by atoms with Crippen LogP contribution < -0.4 is 20.9 Å². The number of rotatable bonds is 8. The van der Waals surface area contributed by atoms with Gasteiger partial charge in [0.1, 0.15) is 11.6 Å². The lowest BCUT2D eigenvalue weighted by Gasteiger charge is -2.27. The number of amides is 1. The highest BCUT2D eigenvalue weighted by Gasteiger charge is 2.20. The Morgan fingerprint density at radius 3 is 2.73 bits per heavy atom. The van der Waals surface area contributed by atoms with Crippen LogP contribution in [0.3, 0.4) is 0 Å². The van der Waals surface area contributed by atoms with Crippen molar-refractivity contribution in [3.63, 3.8) is 0 Å². The van der Waals surface area contributed by atoms with Gasteiger partial charge in [-0.25, -0.2) is 9.97 Å². The van der Waals surface area contributed by atoms with E-state index in [1.807, 2.05) is 37.3 Å². The Balaban J connectivity index is 1.24. The summed E-state index contributed by atoms with van der Waals surface area (Å²) >= 11 is 0. The third-order valence-corrected chi connectivity index (χ3v) is 6.92. The molecule has 0 saturated carbocycles. The summed E-state index contributed by atoms with van der Waals surface area (Å²) in [7, 11) is 2.16. The first-order valence-corrected chi connectivity index (χ1v) is 12.8. The molecule has 194 valence electrons. The van der Waals surface area contributed by atoms with Crippen LogP contribution in [-0.4, -0.2) is 78.2 Å². The first-order valence-electron chi connectivity index (χ1n) is 12.8. The molecule has 2 saturated heterocycles. The van der Waals surface area contributed by atoms with Crippen molar-refractivity contribution in [2.45, 2.75) is 25.8 Å². The quantitative estimate of drug-likeness (QED) is 0.426. The Hall–Kier alpha value is -3.76. The van der Waals surface area contributed by atoms with E-state index < -0.39 is 0 Å². The van der Waals surface area contributed by atoms with Crippen LogP contribution in [0.25, 0.3) is 0 Å². The normalized spacial score (nSPS) is 18.0. The lowest BCUT2D eigenvalue weighted by atomic mass is 10.1. The Kier molecular flexibility index (Phi) is 7.76. The lowest BCUT2D eigenvalue weighted by Crippen LogP contribution is -2.36. The van der Waals surface area contributed by atoms with Crippen LogP contribution >= 0.6 is 0 Å². The molecule has 5 rings (SSSR count). The summed E-state index contributed by atoms with van der Waals surface area (Å²) in [5.74, 6) is 1.89. The van der Waals surface area contributed by atoms with E-state index in [2.05, 4.69) is 47.7 Å². The van der Waals surface area contributed by atoms with Crippen LogP contribution in [0.15, 0.2) is 48.8 Å². The number of nitrogens with one attached hydrogen (secondary N) is 3. The molecule has 1 unspecified atom stereocenters. The van der Waals surface area contributed by atoms with E-state index in [1.165, 1.54) is 12.8 Å². The van der Waals surface area contributed by atoms with Crippen LogP contribution in [0.2, 0.25) is 0 Å². The molecule has 2 aliphatic heterocycles. The Morgan fingerprint density at radius 2 is 1.92 bits per heavy atom. The molecule has 0 spiro atoms. The Labute approximate surface area is 217 Å². The second-order valence-electron chi connectivity index (χ2n) is 9.53. The minimum Gasteiger partial charge on any atom is -0.378 e. The van der Waals surface area contributed by atoms with E-state index >= 15 is 0 Å². The zero-order valence-corrected chi connectivity index (χ0v) is 21.4. The highest BCUT2D eigenvalue weighted by Crippen LogP contribution is 2.25. The number of carbonyl (C=O) groups excluding carboxylic acids is 1. The second kappa shape index (κ2) is 11.5. The lowest BCUT2D eigenvalue weighted by molar-refractivity contribution is 0.102. The molecule has 4 heterocycles. The molecule has 10 heteroatoms. The number of likely N-dealkylation sites (N-methyl/N-ethyl adjacent to an activating group) is 1. The van der Waals surface area contributed by atoms with Crippen LogP contribution in [-0.2, 0) is 4.74 Å². The fourth-order valence-corrected chi connectivity index (χ4v) is 4.66. The molecule has 3 N–H and O–H groups in total. The maximum Gasteiger partial charge on any atom is 0.255 e. The summed E-state index contributed by atoms with van der Waals surface area (Å²) in [6.45, 7) is 6.84. The van der Waals surface area contributed by atoms with Crippen molar-refractivity contribution < 1.29 is 9.53 Å². The summed E-state index contributed by atoms with van der Waals surface area (Å²) in [5.41, 5.74) is 3.16. The number of ether oxygens (including phenoxy) is 1. The van der Waals surface area contributed by atoms with Gasteiger partial charge in [-0.1, -0.05) is 6.07 Å². The van der Waals surface area contributed by atoms with Crippen molar-refractivity contribution in [3.05, 3.63) is 59.9 Å². The molecule has 3 aromatic rings. The number of hydrogen-bond acceptors (Lipinski definition) is 9. The van der Waals surface area contributed by atoms with Gasteiger partial charge in [-0.15, -0.1) is 0 Å². The number of hydrogen-bond donors (Lipinski definition) is 3. The van der Waals surface area contributed by atoms with E-state index in [-0.39, 0.29) is 5.91 Å². The molecular formula is C27H34N8O2. The summed E-state index contributed by atoms with van der Waals surface area (Å²) in [4.78, 5) is 30.9. The maximum absolute atomic E-state index is 13.0. The van der Waals surface area contributed by atoms with Crippen LogP contribution in [0, 0.1) is 6.92 Å². The predicted molar refractivity (Wildman–Crippen MR) is 146 cm³/mol. The third-order valence-electron chi connectivity index (χ3n) is 6.92. The highest BCUT2D eigenvalue weighted by atomic mass is 16.5. The number of aromatic nitrogens is 3. The van der Waals surface area contributed by atoms with Gasteiger partial charge in [-0.2, -0.15) is 4.98 Å². The van der Waals surface area contributed by atoms with Gasteiger partial charge >= 0.3 is 0 Å². The summed E-state index contributed by atoms with van der Waals surface area (Å²) in [5, 5.41) is 9.75. The molecule has 37 heavy (non-hydrogen) atoms. The number of aryl methyl sites for hydroxylation is 1. The average molecular weight is 503 g/mol. The van der Waals surface area contributed by atoms with Crippen LogP contribution in [0.1, 0.15) is 28.8 Å². The second-order valence-corrected chi connectivity index (χ2v) is 9.53. The molecule has 0 radical (unpaired) electrons. The molecule has 2 aromatic heterocycles. The summed E-state index contributed by atoms with van der Waals surface area (Å²) < 4.78 is 5.42. The zero-order valence-electron chi connectivity index (χ0n) is 21.4. The largest absolute Gasteiger partial charge is 0.378 e. The van der Waals surface area contributed by atoms with Crippen molar-refractivity contribution in [1.29, 1.82) is 0 Å². The van der Waals surface area contributed by atoms with Crippen LogP contribution in [0.4, 0.5) is 29.0 Å². The fraction of sp³-hybridized carbons (Fsp3) is 0.407. The van der Waals surface area contributed by atoms with E-state index in [1.54, 1.807) is 18.5 Å². The Bertz CT molecular complexity index is 1230. The SMILES string of the molecule is Cc1ccc(NC(=O)c2ccnc(N3CCOCC3)c2)cc1Nc1ccnc(NCC2CCCN2C)n1. The molecule has 0 aliphatic carbocycles. The monoisotopic (exact) mass is 502 g/mol. The van der Waals surface area contributed by atoms with Gasteiger partial charge in [0.25, 0.3) is 5.91 Å². The third kappa shape index (κ3) is 6.33. The van der Waals surface area contributed by atoms with Gasteiger partial charge in [0.2, 0.25) is 5.95 Å². The van der Waals surface area contributed by atoms with Gasteiger partial charge in [0, 0.05) is 55.0 Å². The zero-order chi connectivity index (χ0) is 25.6. The van der Waals surface area contributed by atoms with Gasteiger partial charge in [0.05, 0.1) is 13.2 Å². The standard InChI is InChI=1S/C27H34N8O2/c1-19-5-6-21(31-26(36)20-7-9-28-25(16-20)35-12-14-37-15-13-35)17-23(19)32-24-8-10-29-27(33-24)30-18-22-4-3-11-34(22)2/h5-10,16-17,22H,3-4,11-15,18H2,1-2H3,(H,31,36)(H2,29,30,32,33). The molecule has 10 nitrogen and oxygen atoms in total. The number of morpholine rings is 1. The smallest absolute Gasteiger partial charge is 0.255 e. The van der Waals surface area contributed by atoms with Gasteiger partial charge < -0.3 is 30.5 Å². The number of carbonyl (C=O) groups is 1. The first kappa shape index (κ1) is 24.9. The molecule has 2 fully saturated rings. The summed E-state index contributed by atoms with van der Waals surface area (Å²) in [6, 6.07) is 11.7. The van der Waals surface area contributed by atoms with E-state index in [0.29, 0.717) is 42.3 Å². The number of nitrogens with zero attached hydrogens (tertiary/aromatic N) is 5. The topological polar surface area (TPSA) is 108 Å². The predicted octanol–water partition coefficient (Wildman–Crippen LogP) is 3.52. The molecular weight excluding hydrogens is 468 g/mol. The number of likely N-dealkylation sites (tertiary alicyclic amines) is 1. The molecule has 1 aromatic carbocycles. The van der Waals surface area contributed by atoms with E-state index in [9.17, 15) is 4.79 Å². The maximum atomic E-state index is 13.0. The number of anilines is 5. The van der Waals surface area contributed by atoms with Crippen molar-refractivity contribution in [1.82, 2.24) is 19.9 Å². The minimum absolute atomic E-state index is 0.183. The number of pyridine rings is 1.